The topological polar surface area (TPSA) is 207 Å². The molecule has 1 aliphatic heterocycles. The number of hydrogen-bond acceptors (Lipinski definition) is 12. The lowest BCUT2D eigenvalue weighted by Crippen LogP contribution is -2.61. The molecule has 0 unspecified atom stereocenters. The Kier molecular flexibility index (Phi) is 5.33. The predicted molar refractivity (Wildman–Crippen MR) is 53.6 cm³/mol. The molecule has 0 bridgehead atoms. The highest BCUT2D eigenvalue weighted by Crippen LogP contribution is 2.25. The summed E-state index contributed by atoms with van der Waals surface area (Å²) < 4.78 is 4.62. The van der Waals surface area contributed by atoms with E-state index in [0.717, 1.165) is 0 Å². The van der Waals surface area contributed by atoms with Gasteiger partial charge in [0, 0.05) is 0 Å². The molecule has 0 aromatic carbocycles. The van der Waals surface area contributed by atoms with Crippen molar-refractivity contribution in [3.05, 3.63) is 30.3 Å². The molecular formula is C6H9N3O12. The molecule has 1 rings (SSSR count). The molecule has 15 heteroatoms. The fraction of sp³-hybridized carbons (Fsp3) is 1.00. The maximum absolute atomic E-state index is 10.3. The Hall–Kier alpha value is -2.52. The number of rotatable bonds is 7. The predicted octanol–water partition coefficient (Wildman–Crippen LogP) is -2.57. The largest absolute Gasteiger partial charge is 0.388 e. The zero-order valence-corrected chi connectivity index (χ0v) is 9.91. The van der Waals surface area contributed by atoms with Gasteiger partial charge in [-0.1, -0.05) is 0 Å². The van der Waals surface area contributed by atoms with Gasteiger partial charge >= 0.3 is 0 Å². The first-order valence-corrected chi connectivity index (χ1v) is 5.13. The van der Waals surface area contributed by atoms with Crippen molar-refractivity contribution in [1.82, 2.24) is 0 Å². The molecule has 0 amide bonds. The van der Waals surface area contributed by atoms with Crippen LogP contribution in [0.3, 0.4) is 0 Å². The fourth-order valence-corrected chi connectivity index (χ4v) is 1.61. The van der Waals surface area contributed by atoms with Crippen LogP contribution in [0.2, 0.25) is 0 Å². The quantitative estimate of drug-likeness (QED) is 0.367. The standard InChI is InChI=1S/C6H9N3O12/c10-3-2(1-18-7(12)13)19-6(11)5(21-9(16)17)4(3)20-8(14)15/h2-6,10-11H,1H2/t2-,3-,4+,5-,6+/m1/s1. The van der Waals surface area contributed by atoms with Gasteiger partial charge in [0.15, 0.2) is 18.5 Å². The Morgan fingerprint density at radius 1 is 0.952 bits per heavy atom. The molecule has 21 heavy (non-hydrogen) atoms. The number of aliphatic hydroxyl groups is 2. The van der Waals surface area contributed by atoms with Gasteiger partial charge in [0.1, 0.15) is 18.8 Å². The van der Waals surface area contributed by atoms with Crippen LogP contribution in [0.4, 0.5) is 0 Å². The smallest absolute Gasteiger partial charge is 0.295 e. The second-order valence-electron chi connectivity index (χ2n) is 3.66. The lowest BCUT2D eigenvalue weighted by Gasteiger charge is -2.39. The van der Waals surface area contributed by atoms with Gasteiger partial charge in [0.2, 0.25) is 0 Å². The summed E-state index contributed by atoms with van der Waals surface area (Å²) in [7, 11) is 0. The zero-order valence-electron chi connectivity index (χ0n) is 9.91. The van der Waals surface area contributed by atoms with Gasteiger partial charge in [-0.2, -0.15) is 0 Å². The van der Waals surface area contributed by atoms with Crippen LogP contribution in [0.1, 0.15) is 0 Å². The lowest BCUT2D eigenvalue weighted by atomic mass is 9.99. The maximum atomic E-state index is 10.3. The van der Waals surface area contributed by atoms with Gasteiger partial charge in [-0.3, -0.25) is 0 Å². The van der Waals surface area contributed by atoms with Gasteiger partial charge < -0.3 is 29.5 Å². The van der Waals surface area contributed by atoms with Crippen molar-refractivity contribution in [2.45, 2.75) is 30.7 Å². The molecule has 2 N–H and O–H groups in total. The minimum atomic E-state index is -2.12. The molecule has 0 saturated carbocycles. The number of aliphatic hydroxyl groups excluding tert-OH is 2. The van der Waals surface area contributed by atoms with E-state index < -0.39 is 52.6 Å². The van der Waals surface area contributed by atoms with Crippen LogP contribution < -0.4 is 0 Å². The number of ether oxygens (including phenoxy) is 1. The van der Waals surface area contributed by atoms with Gasteiger partial charge in [0.25, 0.3) is 15.3 Å². The van der Waals surface area contributed by atoms with E-state index in [-0.39, 0.29) is 0 Å². The van der Waals surface area contributed by atoms with Gasteiger partial charge in [-0.25, -0.2) is 0 Å². The molecule has 0 aromatic rings. The summed E-state index contributed by atoms with van der Waals surface area (Å²) in [5.74, 6) is 0. The monoisotopic (exact) mass is 315 g/mol. The SMILES string of the molecule is O=[N+]([O-])OC[C@H]1O[C@H](O)[C@H](O[N+](=O)[O-])[C@@H](O[N+](=O)[O-])[C@@H]1O. The Morgan fingerprint density at radius 2 is 1.48 bits per heavy atom. The molecule has 0 radical (unpaired) electrons. The Balaban J connectivity index is 2.87. The molecule has 5 atom stereocenters. The lowest BCUT2D eigenvalue weighted by molar-refractivity contribution is -0.807. The van der Waals surface area contributed by atoms with E-state index in [9.17, 15) is 40.6 Å². The minimum Gasteiger partial charge on any atom is -0.388 e. The molecule has 1 aliphatic rings. The van der Waals surface area contributed by atoms with Gasteiger partial charge in [-0.05, 0) is 0 Å². The third-order valence-corrected chi connectivity index (χ3v) is 2.40. The molecule has 15 nitrogen and oxygen atoms in total. The van der Waals surface area contributed by atoms with E-state index >= 15 is 0 Å². The van der Waals surface area contributed by atoms with Crippen LogP contribution in [0.15, 0.2) is 0 Å². The Bertz CT molecular complexity index is 416. The highest BCUT2D eigenvalue weighted by atomic mass is 17.0. The van der Waals surface area contributed by atoms with Crippen molar-refractivity contribution in [3.8, 4) is 0 Å². The molecule has 120 valence electrons. The molecule has 0 aliphatic carbocycles. The summed E-state index contributed by atoms with van der Waals surface area (Å²) in [6.45, 7) is -0.895. The van der Waals surface area contributed by atoms with Crippen LogP contribution in [0.5, 0.6) is 0 Å². The summed E-state index contributed by atoms with van der Waals surface area (Å²) in [5.41, 5.74) is 0. The normalized spacial score (nSPS) is 32.0. The highest BCUT2D eigenvalue weighted by Gasteiger charge is 2.49. The van der Waals surface area contributed by atoms with E-state index in [1.54, 1.807) is 0 Å². The van der Waals surface area contributed by atoms with E-state index in [1.165, 1.54) is 0 Å². The minimum absolute atomic E-state index is 0.895. The van der Waals surface area contributed by atoms with Crippen LogP contribution in [-0.4, -0.2) is 62.8 Å². The average Bonchev–Trinajstić information content (AvgIpc) is 2.35. The summed E-state index contributed by atoms with van der Waals surface area (Å²) in [5, 5.41) is 45.8. The summed E-state index contributed by atoms with van der Waals surface area (Å²) in [6, 6.07) is 0. The van der Waals surface area contributed by atoms with Crippen molar-refractivity contribution in [2.24, 2.45) is 0 Å². The highest BCUT2D eigenvalue weighted by molar-refractivity contribution is 4.89. The van der Waals surface area contributed by atoms with E-state index in [0.29, 0.717) is 0 Å². The van der Waals surface area contributed by atoms with Crippen molar-refractivity contribution < 1.29 is 44.7 Å². The second kappa shape index (κ2) is 6.77. The summed E-state index contributed by atoms with van der Waals surface area (Å²) in [6.07, 6.45) is -9.75. The van der Waals surface area contributed by atoms with E-state index in [2.05, 4.69) is 19.2 Å². The fourth-order valence-electron chi connectivity index (χ4n) is 1.61. The maximum Gasteiger partial charge on any atom is 0.295 e. The Morgan fingerprint density at radius 3 is 1.95 bits per heavy atom. The molecule has 0 spiro atoms. The van der Waals surface area contributed by atoms with Crippen LogP contribution in [-0.2, 0) is 19.2 Å². The number of hydrogen-bond donors (Lipinski definition) is 2. The summed E-state index contributed by atoms with van der Waals surface area (Å²) >= 11 is 0. The van der Waals surface area contributed by atoms with Gasteiger partial charge in [0.05, 0.1) is 0 Å². The van der Waals surface area contributed by atoms with E-state index in [4.69, 9.17) is 0 Å². The van der Waals surface area contributed by atoms with Crippen molar-refractivity contribution in [1.29, 1.82) is 0 Å². The molecule has 1 heterocycles. The zero-order chi connectivity index (χ0) is 16.2. The van der Waals surface area contributed by atoms with Crippen LogP contribution in [0.25, 0.3) is 0 Å². The average molecular weight is 315 g/mol. The third-order valence-electron chi connectivity index (χ3n) is 2.40. The Labute approximate surface area is 113 Å². The molecule has 1 saturated heterocycles. The van der Waals surface area contributed by atoms with Gasteiger partial charge in [-0.15, -0.1) is 30.3 Å². The van der Waals surface area contributed by atoms with Crippen LogP contribution in [0, 0.1) is 30.3 Å². The summed E-state index contributed by atoms with van der Waals surface area (Å²) in [4.78, 5) is 42.4. The molecular weight excluding hydrogens is 306 g/mol. The third kappa shape index (κ3) is 4.51. The van der Waals surface area contributed by atoms with Crippen molar-refractivity contribution in [2.75, 3.05) is 6.61 Å². The molecule has 1 fully saturated rings. The molecule has 0 aromatic heterocycles. The van der Waals surface area contributed by atoms with Crippen LogP contribution >= 0.6 is 0 Å². The van der Waals surface area contributed by atoms with Crippen molar-refractivity contribution in [3.63, 3.8) is 0 Å². The first kappa shape index (κ1) is 16.5. The first-order chi connectivity index (χ1) is 9.72. The second-order valence-corrected chi connectivity index (χ2v) is 3.66. The van der Waals surface area contributed by atoms with E-state index in [1.807, 2.05) is 0 Å². The number of nitrogens with zero attached hydrogens (tertiary/aromatic N) is 3. The first-order valence-electron chi connectivity index (χ1n) is 5.13. The van der Waals surface area contributed by atoms with Crippen molar-refractivity contribution >= 4 is 0 Å².